The summed E-state index contributed by atoms with van der Waals surface area (Å²) in [5.74, 6) is -0.0914. The average molecular weight is 344 g/mol. The lowest BCUT2D eigenvalue weighted by Gasteiger charge is -2.08. The van der Waals surface area contributed by atoms with E-state index in [1.165, 1.54) is 0 Å². The lowest BCUT2D eigenvalue weighted by molar-refractivity contribution is -0.120. The molecule has 0 aromatic heterocycles. The van der Waals surface area contributed by atoms with Gasteiger partial charge in [0.1, 0.15) is 0 Å². The van der Waals surface area contributed by atoms with E-state index in [0.29, 0.717) is 6.42 Å². The standard InChI is InChI=1S/C23H24N2O/c1-2-3-16-22(19-11-5-4-6-12-19)24-25-23(26)17-20-14-9-13-18-10-7-8-15-21(18)20/h4-15H,2-3,16-17H2,1H3,(H,25,26)/b24-22+. The Labute approximate surface area is 154 Å². The molecule has 0 spiro atoms. The van der Waals surface area contributed by atoms with Crippen LogP contribution in [0.25, 0.3) is 10.8 Å². The zero-order chi connectivity index (χ0) is 18.2. The highest BCUT2D eigenvalue weighted by molar-refractivity contribution is 6.01. The maximum atomic E-state index is 12.4. The Morgan fingerprint density at radius 3 is 2.46 bits per heavy atom. The van der Waals surface area contributed by atoms with Crippen molar-refractivity contribution >= 4 is 22.4 Å². The summed E-state index contributed by atoms with van der Waals surface area (Å²) < 4.78 is 0. The minimum atomic E-state index is -0.0914. The van der Waals surface area contributed by atoms with Crippen LogP contribution >= 0.6 is 0 Å². The number of hydrogen-bond donors (Lipinski definition) is 1. The summed E-state index contributed by atoms with van der Waals surface area (Å²) in [5.41, 5.74) is 5.76. The van der Waals surface area contributed by atoms with Gasteiger partial charge in [-0.05, 0) is 34.7 Å². The maximum absolute atomic E-state index is 12.4. The fraction of sp³-hybridized carbons (Fsp3) is 0.217. The van der Waals surface area contributed by atoms with Gasteiger partial charge in [0, 0.05) is 0 Å². The van der Waals surface area contributed by atoms with Gasteiger partial charge in [0.15, 0.2) is 0 Å². The molecule has 0 saturated heterocycles. The lowest BCUT2D eigenvalue weighted by atomic mass is 10.0. The lowest BCUT2D eigenvalue weighted by Crippen LogP contribution is -2.22. The van der Waals surface area contributed by atoms with Crippen LogP contribution in [0.2, 0.25) is 0 Å². The number of nitrogens with one attached hydrogen (secondary N) is 1. The van der Waals surface area contributed by atoms with Gasteiger partial charge < -0.3 is 0 Å². The topological polar surface area (TPSA) is 41.5 Å². The van der Waals surface area contributed by atoms with E-state index in [1.807, 2.05) is 54.6 Å². The summed E-state index contributed by atoms with van der Waals surface area (Å²) in [6.07, 6.45) is 3.32. The highest BCUT2D eigenvalue weighted by Crippen LogP contribution is 2.18. The third-order valence-electron chi connectivity index (χ3n) is 4.42. The van der Waals surface area contributed by atoms with Crippen LogP contribution in [0.4, 0.5) is 0 Å². The summed E-state index contributed by atoms with van der Waals surface area (Å²) in [7, 11) is 0. The average Bonchev–Trinajstić information content (AvgIpc) is 2.69. The van der Waals surface area contributed by atoms with Crippen LogP contribution in [0.5, 0.6) is 0 Å². The zero-order valence-corrected chi connectivity index (χ0v) is 15.1. The number of hydrazone groups is 1. The second-order valence-corrected chi connectivity index (χ2v) is 6.38. The molecular formula is C23H24N2O. The number of carbonyl (C=O) groups is 1. The molecule has 132 valence electrons. The van der Waals surface area contributed by atoms with E-state index in [0.717, 1.165) is 46.9 Å². The molecule has 3 nitrogen and oxygen atoms in total. The van der Waals surface area contributed by atoms with Crippen molar-refractivity contribution < 1.29 is 4.79 Å². The molecule has 0 aliphatic heterocycles. The Morgan fingerprint density at radius 2 is 1.65 bits per heavy atom. The van der Waals surface area contributed by atoms with Gasteiger partial charge in [-0.15, -0.1) is 0 Å². The third kappa shape index (κ3) is 4.57. The number of amides is 1. The molecule has 3 heteroatoms. The van der Waals surface area contributed by atoms with Crippen LogP contribution in [0.1, 0.15) is 37.3 Å². The maximum Gasteiger partial charge on any atom is 0.244 e. The SMILES string of the molecule is CCCC/C(=N\NC(=O)Cc1cccc2ccccc12)c1ccccc1. The molecular weight excluding hydrogens is 320 g/mol. The zero-order valence-electron chi connectivity index (χ0n) is 15.1. The summed E-state index contributed by atoms with van der Waals surface area (Å²) in [6, 6.07) is 24.2. The summed E-state index contributed by atoms with van der Waals surface area (Å²) in [5, 5.41) is 6.69. The van der Waals surface area contributed by atoms with Crippen LogP contribution in [0, 0.1) is 0 Å². The quantitative estimate of drug-likeness (QED) is 0.470. The van der Waals surface area contributed by atoms with Crippen molar-refractivity contribution in [3.05, 3.63) is 83.9 Å². The molecule has 0 atom stereocenters. The molecule has 3 aromatic carbocycles. The fourth-order valence-corrected chi connectivity index (χ4v) is 3.03. The van der Waals surface area contributed by atoms with Crippen molar-refractivity contribution in [2.75, 3.05) is 0 Å². The number of benzene rings is 3. The first-order valence-corrected chi connectivity index (χ1v) is 9.15. The molecule has 0 bridgehead atoms. The van der Waals surface area contributed by atoms with E-state index in [-0.39, 0.29) is 5.91 Å². The Kier molecular flexibility index (Phi) is 6.15. The molecule has 0 aliphatic carbocycles. The Hall–Kier alpha value is -2.94. The van der Waals surface area contributed by atoms with Crippen LogP contribution in [-0.4, -0.2) is 11.6 Å². The Morgan fingerprint density at radius 1 is 0.923 bits per heavy atom. The first-order valence-electron chi connectivity index (χ1n) is 9.15. The van der Waals surface area contributed by atoms with Gasteiger partial charge in [-0.2, -0.15) is 5.10 Å². The van der Waals surface area contributed by atoms with E-state index in [1.54, 1.807) is 0 Å². The monoisotopic (exact) mass is 344 g/mol. The second kappa shape index (κ2) is 8.95. The summed E-state index contributed by atoms with van der Waals surface area (Å²) in [6.45, 7) is 2.15. The molecule has 0 fully saturated rings. The van der Waals surface area contributed by atoms with Crippen LogP contribution in [-0.2, 0) is 11.2 Å². The minimum absolute atomic E-state index is 0.0914. The van der Waals surface area contributed by atoms with Crippen molar-refractivity contribution in [3.8, 4) is 0 Å². The van der Waals surface area contributed by atoms with E-state index in [9.17, 15) is 4.79 Å². The van der Waals surface area contributed by atoms with Gasteiger partial charge in [-0.3, -0.25) is 4.79 Å². The fourth-order valence-electron chi connectivity index (χ4n) is 3.03. The Bertz CT molecular complexity index is 895. The van der Waals surface area contributed by atoms with E-state index < -0.39 is 0 Å². The number of fused-ring (bicyclic) bond motifs is 1. The van der Waals surface area contributed by atoms with Crippen molar-refractivity contribution in [3.63, 3.8) is 0 Å². The molecule has 0 saturated carbocycles. The number of carbonyl (C=O) groups excluding carboxylic acids is 1. The minimum Gasteiger partial charge on any atom is -0.273 e. The number of rotatable bonds is 7. The predicted octanol–water partition coefficient (Wildman–Crippen LogP) is 5.09. The van der Waals surface area contributed by atoms with Gasteiger partial charge in [-0.1, -0.05) is 86.1 Å². The third-order valence-corrected chi connectivity index (χ3v) is 4.42. The van der Waals surface area contributed by atoms with Crippen LogP contribution < -0.4 is 5.43 Å². The van der Waals surface area contributed by atoms with Gasteiger partial charge >= 0.3 is 0 Å². The van der Waals surface area contributed by atoms with Crippen LogP contribution in [0.3, 0.4) is 0 Å². The number of unbranched alkanes of at least 4 members (excludes halogenated alkanes) is 1. The van der Waals surface area contributed by atoms with E-state index >= 15 is 0 Å². The Balaban J connectivity index is 1.74. The van der Waals surface area contributed by atoms with E-state index in [4.69, 9.17) is 0 Å². The first kappa shape index (κ1) is 17.9. The predicted molar refractivity (Wildman–Crippen MR) is 108 cm³/mol. The van der Waals surface area contributed by atoms with Crippen molar-refractivity contribution in [2.24, 2.45) is 5.10 Å². The van der Waals surface area contributed by atoms with Gasteiger partial charge in [-0.25, -0.2) is 5.43 Å². The molecule has 26 heavy (non-hydrogen) atoms. The van der Waals surface area contributed by atoms with Gasteiger partial charge in [0.25, 0.3) is 0 Å². The summed E-state index contributed by atoms with van der Waals surface area (Å²) >= 11 is 0. The second-order valence-electron chi connectivity index (χ2n) is 6.38. The largest absolute Gasteiger partial charge is 0.273 e. The molecule has 3 rings (SSSR count). The number of nitrogens with zero attached hydrogens (tertiary/aromatic N) is 1. The van der Waals surface area contributed by atoms with Gasteiger partial charge in [0.05, 0.1) is 12.1 Å². The molecule has 1 N–H and O–H groups in total. The molecule has 0 radical (unpaired) electrons. The number of hydrogen-bond acceptors (Lipinski definition) is 2. The van der Waals surface area contributed by atoms with Crippen LogP contribution in [0.15, 0.2) is 77.9 Å². The molecule has 0 heterocycles. The van der Waals surface area contributed by atoms with Gasteiger partial charge in [0.2, 0.25) is 5.91 Å². The molecule has 0 unspecified atom stereocenters. The molecule has 1 amide bonds. The van der Waals surface area contributed by atoms with Crippen molar-refractivity contribution in [2.45, 2.75) is 32.6 Å². The highest BCUT2D eigenvalue weighted by Gasteiger charge is 2.08. The van der Waals surface area contributed by atoms with E-state index in [2.05, 4.69) is 35.7 Å². The highest BCUT2D eigenvalue weighted by atomic mass is 16.2. The smallest absolute Gasteiger partial charge is 0.244 e. The molecule has 0 aliphatic rings. The normalized spacial score (nSPS) is 11.5. The molecule has 3 aromatic rings. The summed E-state index contributed by atoms with van der Waals surface area (Å²) in [4.78, 5) is 12.4. The first-order chi connectivity index (χ1) is 12.8. The van der Waals surface area contributed by atoms with Crippen molar-refractivity contribution in [1.29, 1.82) is 0 Å². The van der Waals surface area contributed by atoms with Crippen molar-refractivity contribution in [1.82, 2.24) is 5.43 Å².